The molecule has 1 fully saturated rings. The molecule has 0 aliphatic carbocycles. The van der Waals surface area contributed by atoms with Crippen LogP contribution in [0.3, 0.4) is 0 Å². The van der Waals surface area contributed by atoms with Crippen LogP contribution in [0.15, 0.2) is 5.76 Å². The molecule has 0 aromatic rings. The third kappa shape index (κ3) is 0.886. The van der Waals surface area contributed by atoms with Crippen molar-refractivity contribution in [2.24, 2.45) is 0 Å². The van der Waals surface area contributed by atoms with Gasteiger partial charge in [0.2, 0.25) is 5.76 Å². The van der Waals surface area contributed by atoms with Crippen LogP contribution in [0.1, 0.15) is 6.92 Å². The molecular weight excluding hydrogens is 108 g/mol. The van der Waals surface area contributed by atoms with Crippen molar-refractivity contribution >= 4 is 5.94 Å². The van der Waals surface area contributed by atoms with Crippen LogP contribution >= 0.6 is 0 Å². The molecule has 0 bridgehead atoms. The van der Waals surface area contributed by atoms with Gasteiger partial charge in [-0.25, -0.2) is 4.79 Å². The molecular formula is C5H6O3. The maximum atomic E-state index is 9.79. The van der Waals surface area contributed by atoms with Crippen LogP contribution in [-0.2, 0) is 14.3 Å². The lowest BCUT2D eigenvalue weighted by Gasteiger charge is -1.96. The van der Waals surface area contributed by atoms with E-state index in [4.69, 9.17) is 9.47 Å². The summed E-state index contributed by atoms with van der Waals surface area (Å²) >= 11 is 0. The maximum absolute atomic E-state index is 9.79. The average Bonchev–Trinajstić information content (AvgIpc) is 2.14. The van der Waals surface area contributed by atoms with Crippen LogP contribution in [0, 0.1) is 0 Å². The van der Waals surface area contributed by atoms with Crippen molar-refractivity contribution in [3.63, 3.8) is 0 Å². The summed E-state index contributed by atoms with van der Waals surface area (Å²) < 4.78 is 9.62. The molecule has 1 aliphatic heterocycles. The van der Waals surface area contributed by atoms with Crippen LogP contribution in [0.25, 0.3) is 0 Å². The minimum atomic E-state index is -0.272. The van der Waals surface area contributed by atoms with E-state index in [1.807, 2.05) is 0 Å². The van der Waals surface area contributed by atoms with Gasteiger partial charge in [-0.15, -0.1) is 0 Å². The van der Waals surface area contributed by atoms with Crippen molar-refractivity contribution in [3.8, 4) is 0 Å². The fraction of sp³-hybridized carbons (Fsp3) is 0.600. The summed E-state index contributed by atoms with van der Waals surface area (Å²) in [6.07, 6.45) is -0.272. The van der Waals surface area contributed by atoms with Gasteiger partial charge in [-0.2, -0.15) is 0 Å². The normalized spacial score (nSPS) is 27.1. The summed E-state index contributed by atoms with van der Waals surface area (Å²) in [6, 6.07) is 0. The van der Waals surface area contributed by atoms with Gasteiger partial charge >= 0.3 is 0 Å². The standard InChI is InChI=1S/C5H6O3/c1-4-7-3-5(2-6)8-4/h4H,3H2,1H3. The highest BCUT2D eigenvalue weighted by atomic mass is 16.7. The summed E-state index contributed by atoms with van der Waals surface area (Å²) in [5.41, 5.74) is 0. The first-order valence-electron chi connectivity index (χ1n) is 2.35. The lowest BCUT2D eigenvalue weighted by Crippen LogP contribution is -1.97. The van der Waals surface area contributed by atoms with E-state index >= 15 is 0 Å². The summed E-state index contributed by atoms with van der Waals surface area (Å²) in [7, 11) is 0. The predicted octanol–water partition coefficient (Wildman–Crippen LogP) is 0.0947. The van der Waals surface area contributed by atoms with Crippen molar-refractivity contribution in [1.29, 1.82) is 0 Å². The average molecular weight is 114 g/mol. The molecule has 3 heteroatoms. The highest BCUT2D eigenvalue weighted by Gasteiger charge is 2.15. The Balaban J connectivity index is 2.56. The summed E-state index contributed by atoms with van der Waals surface area (Å²) in [5.74, 6) is 1.88. The van der Waals surface area contributed by atoms with Gasteiger partial charge in [0.1, 0.15) is 6.61 Å². The summed E-state index contributed by atoms with van der Waals surface area (Å²) in [5, 5.41) is 0. The molecule has 0 radical (unpaired) electrons. The molecule has 0 amide bonds. The number of hydrogen-bond acceptors (Lipinski definition) is 3. The smallest absolute Gasteiger partial charge is 0.208 e. The summed E-state index contributed by atoms with van der Waals surface area (Å²) in [4.78, 5) is 9.79. The minimum Gasteiger partial charge on any atom is -0.456 e. The highest BCUT2D eigenvalue weighted by Crippen LogP contribution is 2.09. The van der Waals surface area contributed by atoms with Crippen molar-refractivity contribution in [1.82, 2.24) is 0 Å². The molecule has 0 aromatic carbocycles. The zero-order valence-corrected chi connectivity index (χ0v) is 4.51. The molecule has 1 rings (SSSR count). The molecule has 0 saturated carbocycles. The lowest BCUT2D eigenvalue weighted by molar-refractivity contribution is -0.0149. The SMILES string of the molecule is CC1OCC(=C=O)O1. The van der Waals surface area contributed by atoms with Crippen LogP contribution < -0.4 is 0 Å². The Morgan fingerprint density at radius 2 is 2.62 bits per heavy atom. The first kappa shape index (κ1) is 5.35. The zero-order chi connectivity index (χ0) is 5.98. The van der Waals surface area contributed by atoms with Crippen molar-refractivity contribution in [2.45, 2.75) is 13.2 Å². The second-order valence-electron chi connectivity index (χ2n) is 1.52. The molecule has 1 unspecified atom stereocenters. The summed E-state index contributed by atoms with van der Waals surface area (Å²) in [6.45, 7) is 2.00. The molecule has 0 N–H and O–H groups in total. The number of ether oxygens (including phenoxy) is 2. The molecule has 44 valence electrons. The Hall–Kier alpha value is -0.790. The predicted molar refractivity (Wildman–Crippen MR) is 25.7 cm³/mol. The van der Waals surface area contributed by atoms with E-state index in [1.54, 1.807) is 12.9 Å². The molecule has 0 aromatic heterocycles. The number of hydrogen-bond donors (Lipinski definition) is 0. The molecule has 8 heavy (non-hydrogen) atoms. The molecule has 1 aliphatic rings. The third-order valence-electron chi connectivity index (χ3n) is 0.871. The van der Waals surface area contributed by atoms with E-state index in [0.29, 0.717) is 0 Å². The van der Waals surface area contributed by atoms with E-state index < -0.39 is 0 Å². The van der Waals surface area contributed by atoms with E-state index in [1.165, 1.54) is 0 Å². The second kappa shape index (κ2) is 1.99. The quantitative estimate of drug-likeness (QED) is 0.419. The number of rotatable bonds is 0. The zero-order valence-electron chi connectivity index (χ0n) is 4.51. The Kier molecular flexibility index (Phi) is 1.33. The van der Waals surface area contributed by atoms with E-state index in [9.17, 15) is 4.79 Å². The first-order chi connectivity index (χ1) is 3.83. The Morgan fingerprint density at radius 1 is 1.88 bits per heavy atom. The maximum Gasteiger partial charge on any atom is 0.208 e. The van der Waals surface area contributed by atoms with Gasteiger partial charge in [-0.3, -0.25) is 0 Å². The first-order valence-corrected chi connectivity index (χ1v) is 2.35. The van der Waals surface area contributed by atoms with Gasteiger partial charge < -0.3 is 9.47 Å². The van der Waals surface area contributed by atoms with Gasteiger partial charge in [0.15, 0.2) is 12.2 Å². The minimum absolute atomic E-state index is 0.262. The Bertz CT molecular complexity index is 135. The van der Waals surface area contributed by atoms with Crippen LogP contribution in [0.4, 0.5) is 0 Å². The Morgan fingerprint density at radius 3 is 2.88 bits per heavy atom. The molecule has 1 atom stereocenters. The third-order valence-corrected chi connectivity index (χ3v) is 0.871. The fourth-order valence-electron chi connectivity index (χ4n) is 0.515. The Labute approximate surface area is 46.9 Å². The van der Waals surface area contributed by atoms with Gasteiger partial charge in [-0.05, 0) is 6.92 Å². The van der Waals surface area contributed by atoms with Gasteiger partial charge in [0, 0.05) is 0 Å². The van der Waals surface area contributed by atoms with Gasteiger partial charge in [-0.1, -0.05) is 0 Å². The monoisotopic (exact) mass is 114 g/mol. The van der Waals surface area contributed by atoms with Crippen molar-refractivity contribution in [2.75, 3.05) is 6.61 Å². The van der Waals surface area contributed by atoms with Crippen LogP contribution in [0.5, 0.6) is 0 Å². The van der Waals surface area contributed by atoms with E-state index in [2.05, 4.69) is 0 Å². The molecule has 3 nitrogen and oxygen atoms in total. The van der Waals surface area contributed by atoms with Gasteiger partial charge in [0.05, 0.1) is 0 Å². The topological polar surface area (TPSA) is 35.5 Å². The molecule has 1 saturated heterocycles. The largest absolute Gasteiger partial charge is 0.456 e. The van der Waals surface area contributed by atoms with E-state index in [0.717, 1.165) is 0 Å². The van der Waals surface area contributed by atoms with Crippen LogP contribution in [0.2, 0.25) is 0 Å². The van der Waals surface area contributed by atoms with Crippen molar-refractivity contribution < 1.29 is 14.3 Å². The van der Waals surface area contributed by atoms with Gasteiger partial charge in [0.25, 0.3) is 0 Å². The van der Waals surface area contributed by atoms with Crippen LogP contribution in [-0.4, -0.2) is 18.8 Å². The lowest BCUT2D eigenvalue weighted by atomic mass is 10.6. The number of carbonyl (C=O) groups excluding carboxylic acids is 1. The molecule has 1 heterocycles. The van der Waals surface area contributed by atoms with Crippen molar-refractivity contribution in [3.05, 3.63) is 5.76 Å². The van der Waals surface area contributed by atoms with E-state index in [-0.39, 0.29) is 18.7 Å². The highest BCUT2D eigenvalue weighted by molar-refractivity contribution is 5.50. The fourth-order valence-corrected chi connectivity index (χ4v) is 0.515. The molecule has 0 spiro atoms. The second-order valence-corrected chi connectivity index (χ2v) is 1.52.